The molecule has 20 heavy (non-hydrogen) atoms. The first kappa shape index (κ1) is 19.3. The summed E-state index contributed by atoms with van der Waals surface area (Å²) >= 11 is 0. The van der Waals surface area contributed by atoms with Crippen LogP contribution >= 0.6 is 24.0 Å². The summed E-state index contributed by atoms with van der Waals surface area (Å²) < 4.78 is 5.28. The normalized spacial score (nSPS) is 12.9. The smallest absolute Gasteiger partial charge is 0.191 e. The first-order chi connectivity index (χ1) is 9.11. The van der Waals surface area contributed by atoms with Gasteiger partial charge in [-0.25, -0.2) is 0 Å². The van der Waals surface area contributed by atoms with Crippen molar-refractivity contribution in [2.45, 2.75) is 52.6 Å². The minimum Gasteiger partial charge on any atom is -0.467 e. The summed E-state index contributed by atoms with van der Waals surface area (Å²) in [6, 6.07) is 4.27. The number of halogens is 1. The number of aliphatic imine (C=N–C) groups is 1. The third-order valence-electron chi connectivity index (χ3n) is 3.04. The van der Waals surface area contributed by atoms with Crippen LogP contribution in [-0.4, -0.2) is 19.0 Å². The fourth-order valence-electron chi connectivity index (χ4n) is 1.92. The highest BCUT2D eigenvalue weighted by atomic mass is 127. The molecule has 5 heteroatoms. The quantitative estimate of drug-likeness (QED) is 0.421. The highest BCUT2D eigenvalue weighted by Gasteiger charge is 2.06. The van der Waals surface area contributed by atoms with Gasteiger partial charge in [0.05, 0.1) is 12.8 Å². The molecule has 1 rings (SSSR count). The molecule has 0 saturated heterocycles. The minimum absolute atomic E-state index is 0. The van der Waals surface area contributed by atoms with Gasteiger partial charge in [0.1, 0.15) is 5.76 Å². The third kappa shape index (κ3) is 8.45. The van der Waals surface area contributed by atoms with Gasteiger partial charge in [0.15, 0.2) is 5.96 Å². The largest absolute Gasteiger partial charge is 0.467 e. The molecule has 0 aliphatic heterocycles. The SMILES string of the molecule is CN=C(NCc1ccco1)NC(C)CCCC(C)C.I. The lowest BCUT2D eigenvalue weighted by Gasteiger charge is -2.17. The van der Waals surface area contributed by atoms with Gasteiger partial charge in [-0.3, -0.25) is 4.99 Å². The van der Waals surface area contributed by atoms with Crippen LogP contribution in [0.15, 0.2) is 27.8 Å². The number of guanidine groups is 1. The Morgan fingerprint density at radius 1 is 1.30 bits per heavy atom. The zero-order chi connectivity index (χ0) is 14.1. The number of rotatable bonds is 7. The molecule has 2 N–H and O–H groups in total. The predicted molar refractivity (Wildman–Crippen MR) is 95.6 cm³/mol. The molecule has 1 aromatic rings. The molecule has 1 atom stereocenters. The molecule has 0 aliphatic rings. The summed E-state index contributed by atoms with van der Waals surface area (Å²) in [5.41, 5.74) is 0. The van der Waals surface area contributed by atoms with Gasteiger partial charge in [0, 0.05) is 13.1 Å². The van der Waals surface area contributed by atoms with E-state index in [1.165, 1.54) is 19.3 Å². The van der Waals surface area contributed by atoms with Crippen LogP contribution in [0.1, 0.15) is 45.8 Å². The number of nitrogens with zero attached hydrogens (tertiary/aromatic N) is 1. The highest BCUT2D eigenvalue weighted by Crippen LogP contribution is 2.08. The molecule has 0 amide bonds. The van der Waals surface area contributed by atoms with Crippen LogP contribution in [0.3, 0.4) is 0 Å². The Hall–Kier alpha value is -0.720. The number of hydrogen-bond acceptors (Lipinski definition) is 2. The molecule has 0 aromatic carbocycles. The maximum atomic E-state index is 5.28. The van der Waals surface area contributed by atoms with Crippen molar-refractivity contribution in [1.82, 2.24) is 10.6 Å². The van der Waals surface area contributed by atoms with Crippen LogP contribution in [0.5, 0.6) is 0 Å². The summed E-state index contributed by atoms with van der Waals surface area (Å²) in [5.74, 6) is 2.52. The van der Waals surface area contributed by atoms with Crippen LogP contribution in [0, 0.1) is 5.92 Å². The lowest BCUT2D eigenvalue weighted by atomic mass is 10.0. The standard InChI is InChI=1S/C15H27N3O.HI/c1-12(2)7-5-8-13(3)18-15(16-4)17-11-14-9-6-10-19-14;/h6,9-10,12-13H,5,7-8,11H2,1-4H3,(H2,16,17,18);1H. The lowest BCUT2D eigenvalue weighted by Crippen LogP contribution is -2.41. The van der Waals surface area contributed by atoms with E-state index < -0.39 is 0 Å². The van der Waals surface area contributed by atoms with Gasteiger partial charge >= 0.3 is 0 Å². The minimum atomic E-state index is 0. The van der Waals surface area contributed by atoms with Crippen LogP contribution in [0.25, 0.3) is 0 Å². The van der Waals surface area contributed by atoms with E-state index in [1.807, 2.05) is 12.1 Å². The van der Waals surface area contributed by atoms with E-state index in [0.29, 0.717) is 12.6 Å². The summed E-state index contributed by atoms with van der Waals surface area (Å²) in [6.07, 6.45) is 5.38. The molecule has 0 bridgehead atoms. The molecule has 0 radical (unpaired) electrons. The second kappa shape index (κ2) is 11.0. The van der Waals surface area contributed by atoms with Crippen LogP contribution in [0.4, 0.5) is 0 Å². The molecule has 116 valence electrons. The molecular weight excluding hydrogens is 365 g/mol. The Morgan fingerprint density at radius 2 is 2.05 bits per heavy atom. The van der Waals surface area contributed by atoms with Gasteiger partial charge in [-0.2, -0.15) is 0 Å². The van der Waals surface area contributed by atoms with Gasteiger partial charge in [-0.1, -0.05) is 26.7 Å². The maximum Gasteiger partial charge on any atom is 0.191 e. The average molecular weight is 393 g/mol. The molecule has 1 aromatic heterocycles. The number of hydrogen-bond donors (Lipinski definition) is 2. The van der Waals surface area contributed by atoms with Crippen molar-refractivity contribution in [3.63, 3.8) is 0 Å². The summed E-state index contributed by atoms with van der Waals surface area (Å²) in [7, 11) is 1.79. The van der Waals surface area contributed by atoms with Gasteiger partial charge < -0.3 is 15.1 Å². The van der Waals surface area contributed by atoms with Crippen molar-refractivity contribution < 1.29 is 4.42 Å². The fourth-order valence-corrected chi connectivity index (χ4v) is 1.92. The van der Waals surface area contributed by atoms with Crippen molar-refractivity contribution in [3.8, 4) is 0 Å². The fraction of sp³-hybridized carbons (Fsp3) is 0.667. The maximum absolute atomic E-state index is 5.28. The Balaban J connectivity index is 0.00000361. The third-order valence-corrected chi connectivity index (χ3v) is 3.04. The first-order valence-corrected chi connectivity index (χ1v) is 7.11. The second-order valence-corrected chi connectivity index (χ2v) is 5.38. The summed E-state index contributed by atoms with van der Waals surface area (Å²) in [6.45, 7) is 7.38. The van der Waals surface area contributed by atoms with E-state index in [2.05, 4.69) is 36.4 Å². The van der Waals surface area contributed by atoms with Gasteiger partial charge in [-0.05, 0) is 31.4 Å². The highest BCUT2D eigenvalue weighted by molar-refractivity contribution is 14.0. The molecular formula is C15H28IN3O. The van der Waals surface area contributed by atoms with Crippen molar-refractivity contribution >= 4 is 29.9 Å². The molecule has 0 spiro atoms. The Labute approximate surface area is 139 Å². The summed E-state index contributed by atoms with van der Waals surface area (Å²) in [5, 5.41) is 6.65. The van der Waals surface area contributed by atoms with Gasteiger partial charge in [-0.15, -0.1) is 24.0 Å². The van der Waals surface area contributed by atoms with Crippen molar-refractivity contribution in [1.29, 1.82) is 0 Å². The van der Waals surface area contributed by atoms with Crippen LogP contribution in [-0.2, 0) is 6.54 Å². The van der Waals surface area contributed by atoms with Crippen molar-refractivity contribution in [2.24, 2.45) is 10.9 Å². The Kier molecular flexibility index (Phi) is 10.6. The predicted octanol–water partition coefficient (Wildman–Crippen LogP) is 3.78. The lowest BCUT2D eigenvalue weighted by molar-refractivity contribution is 0.484. The van der Waals surface area contributed by atoms with E-state index >= 15 is 0 Å². The second-order valence-electron chi connectivity index (χ2n) is 5.38. The molecule has 1 heterocycles. The molecule has 4 nitrogen and oxygen atoms in total. The molecule has 0 fully saturated rings. The van der Waals surface area contributed by atoms with E-state index in [4.69, 9.17) is 4.42 Å². The van der Waals surface area contributed by atoms with Crippen molar-refractivity contribution in [3.05, 3.63) is 24.2 Å². The van der Waals surface area contributed by atoms with Crippen molar-refractivity contribution in [2.75, 3.05) is 7.05 Å². The Bertz CT molecular complexity index is 363. The summed E-state index contributed by atoms with van der Waals surface area (Å²) in [4.78, 5) is 4.22. The topological polar surface area (TPSA) is 49.6 Å². The van der Waals surface area contributed by atoms with Gasteiger partial charge in [0.2, 0.25) is 0 Å². The van der Waals surface area contributed by atoms with Crippen LogP contribution < -0.4 is 10.6 Å². The number of nitrogens with one attached hydrogen (secondary N) is 2. The molecule has 1 unspecified atom stereocenters. The number of furan rings is 1. The van der Waals surface area contributed by atoms with E-state index in [-0.39, 0.29) is 24.0 Å². The zero-order valence-corrected chi connectivity index (χ0v) is 15.3. The van der Waals surface area contributed by atoms with Crippen LogP contribution in [0.2, 0.25) is 0 Å². The van der Waals surface area contributed by atoms with Gasteiger partial charge in [0.25, 0.3) is 0 Å². The van der Waals surface area contributed by atoms with E-state index in [0.717, 1.165) is 17.6 Å². The average Bonchev–Trinajstić information content (AvgIpc) is 2.87. The molecule has 0 aliphatic carbocycles. The van der Waals surface area contributed by atoms with E-state index in [1.54, 1.807) is 13.3 Å². The molecule has 0 saturated carbocycles. The Morgan fingerprint density at radius 3 is 2.60 bits per heavy atom. The zero-order valence-electron chi connectivity index (χ0n) is 13.0. The first-order valence-electron chi connectivity index (χ1n) is 7.11. The van der Waals surface area contributed by atoms with E-state index in [9.17, 15) is 0 Å². The monoisotopic (exact) mass is 393 g/mol.